The van der Waals surface area contributed by atoms with Crippen molar-refractivity contribution in [3.05, 3.63) is 23.8 Å². The van der Waals surface area contributed by atoms with Gasteiger partial charge in [-0.1, -0.05) is 0 Å². The van der Waals surface area contributed by atoms with Crippen LogP contribution in [0, 0.1) is 22.7 Å². The summed E-state index contributed by atoms with van der Waals surface area (Å²) in [6.07, 6.45) is 0. The minimum atomic E-state index is -0.506. The van der Waals surface area contributed by atoms with Gasteiger partial charge in [0.25, 0.3) is 0 Å². The molecular weight excluding hydrogens is 244 g/mol. The molecule has 98 valence electrons. The van der Waals surface area contributed by atoms with E-state index in [-0.39, 0.29) is 12.5 Å². The van der Waals surface area contributed by atoms with Gasteiger partial charge >= 0.3 is 0 Å². The second-order valence-electron chi connectivity index (χ2n) is 3.77. The van der Waals surface area contributed by atoms with Crippen molar-refractivity contribution in [3.8, 4) is 17.9 Å². The van der Waals surface area contributed by atoms with Crippen molar-refractivity contribution in [2.24, 2.45) is 0 Å². The van der Waals surface area contributed by atoms with Crippen LogP contribution in [-0.2, 0) is 4.79 Å². The lowest BCUT2D eigenvalue weighted by atomic mass is 10.2. The Morgan fingerprint density at radius 1 is 1.47 bits per heavy atom. The summed E-state index contributed by atoms with van der Waals surface area (Å²) in [7, 11) is 1.49. The predicted molar refractivity (Wildman–Crippen MR) is 69.4 cm³/mol. The van der Waals surface area contributed by atoms with Gasteiger partial charge in [0.1, 0.15) is 24.4 Å². The molecule has 6 heteroatoms. The second kappa shape index (κ2) is 6.87. The van der Waals surface area contributed by atoms with E-state index in [0.29, 0.717) is 17.0 Å². The highest BCUT2D eigenvalue weighted by Gasteiger charge is 2.12. The van der Waals surface area contributed by atoms with Gasteiger partial charge < -0.3 is 15.4 Å². The fourth-order valence-electron chi connectivity index (χ4n) is 1.48. The van der Waals surface area contributed by atoms with Crippen molar-refractivity contribution in [2.45, 2.75) is 13.0 Å². The summed E-state index contributed by atoms with van der Waals surface area (Å²) in [5, 5.41) is 22.7. The zero-order chi connectivity index (χ0) is 14.3. The van der Waals surface area contributed by atoms with Gasteiger partial charge in [0.15, 0.2) is 0 Å². The van der Waals surface area contributed by atoms with Gasteiger partial charge in [-0.05, 0) is 25.1 Å². The van der Waals surface area contributed by atoms with Gasteiger partial charge in [-0.2, -0.15) is 10.5 Å². The summed E-state index contributed by atoms with van der Waals surface area (Å²) in [6.45, 7) is 1.64. The van der Waals surface area contributed by atoms with Crippen molar-refractivity contribution in [1.29, 1.82) is 10.5 Å². The fourth-order valence-corrected chi connectivity index (χ4v) is 1.48. The first-order valence-electron chi connectivity index (χ1n) is 5.61. The van der Waals surface area contributed by atoms with E-state index < -0.39 is 6.04 Å². The molecule has 1 rings (SSSR count). The molecular formula is C13H14N4O2. The maximum atomic E-state index is 11.6. The zero-order valence-electron chi connectivity index (χ0n) is 10.7. The zero-order valence-corrected chi connectivity index (χ0v) is 10.7. The first-order valence-corrected chi connectivity index (χ1v) is 5.61. The number of rotatable bonds is 5. The Kier molecular flexibility index (Phi) is 5.18. The van der Waals surface area contributed by atoms with Gasteiger partial charge in [0, 0.05) is 5.69 Å². The molecule has 1 atom stereocenters. The summed E-state index contributed by atoms with van der Waals surface area (Å²) in [4.78, 5) is 11.6. The largest absolute Gasteiger partial charge is 0.495 e. The van der Waals surface area contributed by atoms with Crippen molar-refractivity contribution in [3.63, 3.8) is 0 Å². The topological polar surface area (TPSA) is 97.9 Å². The Labute approximate surface area is 111 Å². The number of methoxy groups -OCH3 is 1. The molecule has 0 spiro atoms. The lowest BCUT2D eigenvalue weighted by Crippen LogP contribution is -2.37. The molecule has 1 unspecified atom stereocenters. The Morgan fingerprint density at radius 3 is 2.79 bits per heavy atom. The Balaban J connectivity index is 2.75. The third kappa shape index (κ3) is 3.90. The van der Waals surface area contributed by atoms with Gasteiger partial charge in [-0.3, -0.25) is 4.79 Å². The molecule has 1 amide bonds. The number of carbonyl (C=O) groups is 1. The molecule has 0 fully saturated rings. The van der Waals surface area contributed by atoms with Gasteiger partial charge in [-0.15, -0.1) is 0 Å². The molecule has 0 heterocycles. The first-order chi connectivity index (χ1) is 9.12. The molecule has 0 aromatic heterocycles. The highest BCUT2D eigenvalue weighted by atomic mass is 16.5. The van der Waals surface area contributed by atoms with Crippen LogP contribution in [0.5, 0.6) is 5.75 Å². The van der Waals surface area contributed by atoms with E-state index in [1.165, 1.54) is 7.11 Å². The van der Waals surface area contributed by atoms with Crippen LogP contribution in [-0.4, -0.2) is 25.6 Å². The third-order valence-electron chi connectivity index (χ3n) is 2.44. The minimum Gasteiger partial charge on any atom is -0.495 e. The summed E-state index contributed by atoms with van der Waals surface area (Å²) in [5.41, 5.74) is 1.02. The number of nitrogens with zero attached hydrogens (tertiary/aromatic N) is 2. The SMILES string of the molecule is COc1ccc(NC(C)C(=O)NCC#N)cc1C#N. The number of ether oxygens (including phenoxy) is 1. The number of anilines is 1. The molecule has 0 aliphatic carbocycles. The number of nitriles is 2. The average Bonchev–Trinajstić information content (AvgIpc) is 2.44. The van der Waals surface area contributed by atoms with E-state index >= 15 is 0 Å². The molecule has 0 aliphatic rings. The molecule has 1 aromatic carbocycles. The number of hydrogen-bond acceptors (Lipinski definition) is 5. The molecule has 2 N–H and O–H groups in total. The molecule has 0 radical (unpaired) electrons. The Bertz CT molecular complexity index is 543. The molecule has 19 heavy (non-hydrogen) atoms. The Morgan fingerprint density at radius 2 is 2.21 bits per heavy atom. The lowest BCUT2D eigenvalue weighted by Gasteiger charge is -2.15. The maximum Gasteiger partial charge on any atom is 0.243 e. The smallest absolute Gasteiger partial charge is 0.243 e. The monoisotopic (exact) mass is 258 g/mol. The summed E-state index contributed by atoms with van der Waals surface area (Å²) in [5.74, 6) is 0.200. The van der Waals surface area contributed by atoms with Gasteiger partial charge in [-0.25, -0.2) is 0 Å². The number of benzene rings is 1. The quantitative estimate of drug-likeness (QED) is 0.768. The molecule has 6 nitrogen and oxygen atoms in total. The Hall–Kier alpha value is -2.73. The third-order valence-corrected chi connectivity index (χ3v) is 2.44. The van der Waals surface area contributed by atoms with E-state index in [9.17, 15) is 4.79 Å². The maximum absolute atomic E-state index is 11.6. The van der Waals surface area contributed by atoms with E-state index in [4.69, 9.17) is 15.3 Å². The average molecular weight is 258 g/mol. The van der Waals surface area contributed by atoms with Crippen molar-refractivity contribution < 1.29 is 9.53 Å². The van der Waals surface area contributed by atoms with E-state index in [1.54, 1.807) is 25.1 Å². The van der Waals surface area contributed by atoms with Crippen LogP contribution in [0.1, 0.15) is 12.5 Å². The second-order valence-corrected chi connectivity index (χ2v) is 3.77. The summed E-state index contributed by atoms with van der Waals surface area (Å²) in [6, 6.07) is 8.31. The highest BCUT2D eigenvalue weighted by Crippen LogP contribution is 2.22. The van der Waals surface area contributed by atoms with Crippen molar-refractivity contribution in [1.82, 2.24) is 5.32 Å². The van der Waals surface area contributed by atoms with Crippen LogP contribution >= 0.6 is 0 Å². The number of carbonyl (C=O) groups excluding carboxylic acids is 1. The van der Waals surface area contributed by atoms with Gasteiger partial charge in [0.2, 0.25) is 5.91 Å². The molecule has 1 aromatic rings. The standard InChI is InChI=1S/C13H14N4O2/c1-9(13(18)16-6-5-14)17-11-3-4-12(19-2)10(7-11)8-15/h3-4,7,9,17H,6H2,1-2H3,(H,16,18). The van der Waals surface area contributed by atoms with E-state index in [0.717, 1.165) is 0 Å². The first kappa shape index (κ1) is 14.3. The van der Waals surface area contributed by atoms with Crippen LogP contribution in [0.15, 0.2) is 18.2 Å². The number of nitrogens with one attached hydrogen (secondary N) is 2. The minimum absolute atomic E-state index is 0.0308. The molecule has 0 saturated heterocycles. The lowest BCUT2D eigenvalue weighted by molar-refractivity contribution is -0.121. The summed E-state index contributed by atoms with van der Waals surface area (Å²) >= 11 is 0. The summed E-state index contributed by atoms with van der Waals surface area (Å²) < 4.78 is 5.03. The van der Waals surface area contributed by atoms with Crippen LogP contribution in [0.25, 0.3) is 0 Å². The van der Waals surface area contributed by atoms with Crippen LogP contribution in [0.4, 0.5) is 5.69 Å². The highest BCUT2D eigenvalue weighted by molar-refractivity contribution is 5.84. The van der Waals surface area contributed by atoms with Crippen LogP contribution < -0.4 is 15.4 Å². The molecule has 0 saturated carbocycles. The predicted octanol–water partition coefficient (Wildman–Crippen LogP) is 1.01. The van der Waals surface area contributed by atoms with E-state index in [1.807, 2.05) is 12.1 Å². The molecule has 0 aliphatic heterocycles. The number of amides is 1. The van der Waals surface area contributed by atoms with Crippen LogP contribution in [0.3, 0.4) is 0 Å². The van der Waals surface area contributed by atoms with Crippen molar-refractivity contribution in [2.75, 3.05) is 19.0 Å². The normalized spacial score (nSPS) is 10.7. The van der Waals surface area contributed by atoms with E-state index in [2.05, 4.69) is 10.6 Å². The van der Waals surface area contributed by atoms with Crippen LogP contribution in [0.2, 0.25) is 0 Å². The molecule has 0 bridgehead atoms. The van der Waals surface area contributed by atoms with Gasteiger partial charge in [0.05, 0.1) is 18.7 Å². The number of hydrogen-bond donors (Lipinski definition) is 2. The van der Waals surface area contributed by atoms with Crippen molar-refractivity contribution >= 4 is 11.6 Å². The fraction of sp³-hybridized carbons (Fsp3) is 0.308.